The molecule has 3 heteroatoms. The van der Waals surface area contributed by atoms with Crippen molar-refractivity contribution in [3.05, 3.63) is 29.6 Å². The SMILES string of the molecule is CCOCCC(=O)Cc1ccc(CC)cn1. The third kappa shape index (κ3) is 4.53. The maximum absolute atomic E-state index is 11.5. The molecule has 1 rings (SSSR count). The molecule has 1 aromatic heterocycles. The first-order valence-electron chi connectivity index (χ1n) is 5.79. The maximum atomic E-state index is 11.5. The van der Waals surface area contributed by atoms with E-state index in [2.05, 4.69) is 11.9 Å². The molecule has 0 saturated carbocycles. The van der Waals surface area contributed by atoms with Gasteiger partial charge in [-0.15, -0.1) is 0 Å². The van der Waals surface area contributed by atoms with Crippen LogP contribution in [0.1, 0.15) is 31.5 Å². The number of hydrogen-bond acceptors (Lipinski definition) is 3. The van der Waals surface area contributed by atoms with Crippen molar-refractivity contribution in [3.8, 4) is 0 Å². The number of pyridine rings is 1. The fourth-order valence-electron chi connectivity index (χ4n) is 1.39. The van der Waals surface area contributed by atoms with Crippen LogP contribution in [0.2, 0.25) is 0 Å². The first-order chi connectivity index (χ1) is 7.76. The van der Waals surface area contributed by atoms with Gasteiger partial charge in [0.2, 0.25) is 0 Å². The van der Waals surface area contributed by atoms with Crippen LogP contribution in [-0.2, 0) is 22.4 Å². The lowest BCUT2D eigenvalue weighted by Gasteiger charge is -2.02. The number of carbonyl (C=O) groups is 1. The van der Waals surface area contributed by atoms with E-state index in [9.17, 15) is 4.79 Å². The largest absolute Gasteiger partial charge is 0.381 e. The van der Waals surface area contributed by atoms with Crippen LogP contribution in [0.4, 0.5) is 0 Å². The second kappa shape index (κ2) is 7.12. The molecule has 0 aliphatic heterocycles. The van der Waals surface area contributed by atoms with Crippen molar-refractivity contribution in [2.45, 2.75) is 33.1 Å². The number of nitrogens with zero attached hydrogens (tertiary/aromatic N) is 1. The Bertz CT molecular complexity index is 319. The van der Waals surface area contributed by atoms with E-state index in [1.54, 1.807) is 0 Å². The maximum Gasteiger partial charge on any atom is 0.141 e. The zero-order valence-electron chi connectivity index (χ0n) is 10.0. The van der Waals surface area contributed by atoms with E-state index in [-0.39, 0.29) is 5.78 Å². The predicted octanol–water partition coefficient (Wildman–Crippen LogP) is 2.18. The summed E-state index contributed by atoms with van der Waals surface area (Å²) in [4.78, 5) is 15.8. The molecule has 0 spiro atoms. The Morgan fingerprint density at radius 1 is 1.38 bits per heavy atom. The van der Waals surface area contributed by atoms with Gasteiger partial charge in [-0.05, 0) is 25.0 Å². The van der Waals surface area contributed by atoms with E-state index in [4.69, 9.17) is 4.74 Å². The molecular formula is C13H19NO2. The van der Waals surface area contributed by atoms with E-state index in [0.717, 1.165) is 12.1 Å². The van der Waals surface area contributed by atoms with Gasteiger partial charge in [-0.1, -0.05) is 13.0 Å². The van der Waals surface area contributed by atoms with Gasteiger partial charge in [0.05, 0.1) is 6.61 Å². The minimum Gasteiger partial charge on any atom is -0.381 e. The predicted molar refractivity (Wildman–Crippen MR) is 63.4 cm³/mol. The lowest BCUT2D eigenvalue weighted by molar-refractivity contribution is -0.119. The topological polar surface area (TPSA) is 39.2 Å². The molecule has 88 valence electrons. The standard InChI is InChI=1S/C13H19NO2/c1-3-11-5-6-12(14-10-11)9-13(15)7-8-16-4-2/h5-6,10H,3-4,7-9H2,1-2H3. The van der Waals surface area contributed by atoms with Gasteiger partial charge in [-0.2, -0.15) is 0 Å². The monoisotopic (exact) mass is 221 g/mol. The number of rotatable bonds is 7. The molecule has 1 aromatic rings. The lowest BCUT2D eigenvalue weighted by Crippen LogP contribution is -2.08. The third-order valence-corrected chi connectivity index (χ3v) is 2.40. The number of carbonyl (C=O) groups excluding carboxylic acids is 1. The second-order valence-corrected chi connectivity index (χ2v) is 3.67. The summed E-state index contributed by atoms with van der Waals surface area (Å²) in [6.45, 7) is 5.19. The number of ketones is 1. The number of aromatic nitrogens is 1. The van der Waals surface area contributed by atoms with Crippen molar-refractivity contribution >= 4 is 5.78 Å². The lowest BCUT2D eigenvalue weighted by atomic mass is 10.1. The average Bonchev–Trinajstić information content (AvgIpc) is 2.30. The van der Waals surface area contributed by atoms with Crippen molar-refractivity contribution < 1.29 is 9.53 Å². The van der Waals surface area contributed by atoms with Gasteiger partial charge in [0.25, 0.3) is 0 Å². The van der Waals surface area contributed by atoms with Crippen LogP contribution in [0.15, 0.2) is 18.3 Å². The summed E-state index contributed by atoms with van der Waals surface area (Å²) in [5.41, 5.74) is 2.05. The van der Waals surface area contributed by atoms with Crippen LogP contribution in [0.5, 0.6) is 0 Å². The molecule has 0 N–H and O–H groups in total. The summed E-state index contributed by atoms with van der Waals surface area (Å²) in [5, 5.41) is 0. The fraction of sp³-hybridized carbons (Fsp3) is 0.538. The summed E-state index contributed by atoms with van der Waals surface area (Å²) in [6.07, 6.45) is 3.71. The number of ether oxygens (including phenoxy) is 1. The molecule has 0 atom stereocenters. The Hall–Kier alpha value is -1.22. The van der Waals surface area contributed by atoms with Crippen LogP contribution in [0.25, 0.3) is 0 Å². The van der Waals surface area contributed by atoms with Crippen LogP contribution >= 0.6 is 0 Å². The van der Waals surface area contributed by atoms with Crippen molar-refractivity contribution in [1.29, 1.82) is 0 Å². The molecule has 1 heterocycles. The van der Waals surface area contributed by atoms with Crippen molar-refractivity contribution in [2.75, 3.05) is 13.2 Å². The Morgan fingerprint density at radius 3 is 2.75 bits per heavy atom. The average molecular weight is 221 g/mol. The minimum atomic E-state index is 0.185. The molecular weight excluding hydrogens is 202 g/mol. The van der Waals surface area contributed by atoms with Crippen LogP contribution in [-0.4, -0.2) is 24.0 Å². The highest BCUT2D eigenvalue weighted by Crippen LogP contribution is 2.03. The van der Waals surface area contributed by atoms with Crippen molar-refractivity contribution in [3.63, 3.8) is 0 Å². The fourth-order valence-corrected chi connectivity index (χ4v) is 1.39. The van der Waals surface area contributed by atoms with Crippen LogP contribution < -0.4 is 0 Å². The second-order valence-electron chi connectivity index (χ2n) is 3.67. The normalized spacial score (nSPS) is 10.4. The van der Waals surface area contributed by atoms with Gasteiger partial charge in [-0.3, -0.25) is 9.78 Å². The molecule has 0 radical (unpaired) electrons. The Kier molecular flexibility index (Phi) is 5.72. The highest BCUT2D eigenvalue weighted by atomic mass is 16.5. The summed E-state index contributed by atoms with van der Waals surface area (Å²) >= 11 is 0. The van der Waals surface area contributed by atoms with Gasteiger partial charge in [-0.25, -0.2) is 0 Å². The smallest absolute Gasteiger partial charge is 0.141 e. The molecule has 16 heavy (non-hydrogen) atoms. The first kappa shape index (κ1) is 12.8. The molecule has 0 amide bonds. The number of aryl methyl sites for hydroxylation is 1. The van der Waals surface area contributed by atoms with E-state index in [0.29, 0.717) is 26.1 Å². The molecule has 0 aliphatic carbocycles. The number of hydrogen-bond donors (Lipinski definition) is 0. The van der Waals surface area contributed by atoms with Crippen LogP contribution in [0.3, 0.4) is 0 Å². The van der Waals surface area contributed by atoms with E-state index < -0.39 is 0 Å². The Labute approximate surface area is 96.8 Å². The van der Waals surface area contributed by atoms with Crippen molar-refractivity contribution in [2.24, 2.45) is 0 Å². The first-order valence-corrected chi connectivity index (χ1v) is 5.79. The summed E-state index contributed by atoms with van der Waals surface area (Å²) in [5.74, 6) is 0.185. The molecule has 0 saturated heterocycles. The highest BCUT2D eigenvalue weighted by molar-refractivity contribution is 5.80. The molecule has 0 aliphatic rings. The quantitative estimate of drug-likeness (QED) is 0.662. The molecule has 0 aromatic carbocycles. The van der Waals surface area contributed by atoms with Gasteiger partial charge in [0, 0.05) is 31.3 Å². The molecule has 0 unspecified atom stereocenters. The van der Waals surface area contributed by atoms with Gasteiger partial charge >= 0.3 is 0 Å². The molecule has 0 bridgehead atoms. The number of Topliss-reactive ketones (excluding diaryl/α,β-unsaturated/α-hetero) is 1. The summed E-state index contributed by atoms with van der Waals surface area (Å²) in [6, 6.07) is 3.95. The summed E-state index contributed by atoms with van der Waals surface area (Å²) < 4.78 is 5.14. The van der Waals surface area contributed by atoms with Crippen molar-refractivity contribution in [1.82, 2.24) is 4.98 Å². The van der Waals surface area contributed by atoms with Gasteiger partial charge in [0.15, 0.2) is 0 Å². The summed E-state index contributed by atoms with van der Waals surface area (Å²) in [7, 11) is 0. The zero-order valence-corrected chi connectivity index (χ0v) is 10.0. The highest BCUT2D eigenvalue weighted by Gasteiger charge is 2.04. The zero-order chi connectivity index (χ0) is 11.8. The van der Waals surface area contributed by atoms with Gasteiger partial charge in [0.1, 0.15) is 5.78 Å². The van der Waals surface area contributed by atoms with E-state index in [1.165, 1.54) is 5.56 Å². The molecule has 3 nitrogen and oxygen atoms in total. The van der Waals surface area contributed by atoms with E-state index in [1.807, 2.05) is 25.3 Å². The van der Waals surface area contributed by atoms with Crippen LogP contribution in [0, 0.1) is 0 Å². The van der Waals surface area contributed by atoms with Gasteiger partial charge < -0.3 is 4.74 Å². The molecule has 0 fully saturated rings. The Balaban J connectivity index is 2.37. The third-order valence-electron chi connectivity index (χ3n) is 2.40. The minimum absolute atomic E-state index is 0.185. The Morgan fingerprint density at radius 2 is 2.19 bits per heavy atom. The van der Waals surface area contributed by atoms with E-state index >= 15 is 0 Å².